The Labute approximate surface area is 109 Å². The molecule has 0 atom stereocenters. The minimum Gasteiger partial charge on any atom is -0.444 e. The van der Waals surface area contributed by atoms with Crippen LogP contribution in [0.25, 0.3) is 0 Å². The third-order valence-corrected chi connectivity index (χ3v) is 2.43. The molecule has 2 N–H and O–H groups in total. The molecular weight excluding hydrogens is 244 g/mol. The topological polar surface area (TPSA) is 64.8 Å². The molecule has 0 spiro atoms. The molecule has 1 aliphatic rings. The van der Waals surface area contributed by atoms with Gasteiger partial charge < -0.3 is 20.1 Å². The summed E-state index contributed by atoms with van der Waals surface area (Å²) < 4.78 is 10.8. The van der Waals surface area contributed by atoms with E-state index in [-0.39, 0.29) is 24.1 Å². The van der Waals surface area contributed by atoms with E-state index in [1.165, 1.54) is 0 Å². The maximum Gasteiger partial charge on any atom is 0.410 e. The first-order chi connectivity index (χ1) is 7.32. The van der Waals surface area contributed by atoms with Crippen molar-refractivity contribution >= 4 is 18.5 Å². The third-order valence-electron chi connectivity index (χ3n) is 2.43. The quantitative estimate of drug-likeness (QED) is 0.839. The molecular formula is C11H23ClN2O3. The maximum absolute atomic E-state index is 11.7. The second-order valence-corrected chi connectivity index (χ2v) is 5.16. The highest BCUT2D eigenvalue weighted by molar-refractivity contribution is 5.85. The van der Waals surface area contributed by atoms with Crippen LogP contribution in [0.3, 0.4) is 0 Å². The SMILES string of the molecule is CCOC1(CN)CN(C(=O)OC(C)(C)C)C1.Cl. The summed E-state index contributed by atoms with van der Waals surface area (Å²) in [5.41, 5.74) is 4.83. The largest absolute Gasteiger partial charge is 0.444 e. The summed E-state index contributed by atoms with van der Waals surface area (Å²) in [4.78, 5) is 13.3. The van der Waals surface area contributed by atoms with Crippen molar-refractivity contribution in [3.63, 3.8) is 0 Å². The molecule has 1 rings (SSSR count). The lowest BCUT2D eigenvalue weighted by atomic mass is 9.94. The van der Waals surface area contributed by atoms with Crippen molar-refractivity contribution in [2.45, 2.75) is 38.9 Å². The lowest BCUT2D eigenvalue weighted by molar-refractivity contribution is -0.130. The number of amides is 1. The van der Waals surface area contributed by atoms with E-state index in [2.05, 4.69) is 0 Å². The molecule has 0 aliphatic carbocycles. The Morgan fingerprint density at radius 3 is 2.29 bits per heavy atom. The molecule has 1 amide bonds. The van der Waals surface area contributed by atoms with Crippen LogP contribution in [0.1, 0.15) is 27.7 Å². The highest BCUT2D eigenvalue weighted by atomic mass is 35.5. The maximum atomic E-state index is 11.7. The summed E-state index contributed by atoms with van der Waals surface area (Å²) >= 11 is 0. The molecule has 0 radical (unpaired) electrons. The molecule has 0 bridgehead atoms. The van der Waals surface area contributed by atoms with Gasteiger partial charge in [0.2, 0.25) is 0 Å². The molecule has 102 valence electrons. The predicted octanol–water partition coefficient (Wildman–Crippen LogP) is 1.39. The number of carbonyl (C=O) groups excluding carboxylic acids is 1. The van der Waals surface area contributed by atoms with Gasteiger partial charge in [0.05, 0.1) is 13.1 Å². The van der Waals surface area contributed by atoms with Gasteiger partial charge in [0.1, 0.15) is 11.2 Å². The van der Waals surface area contributed by atoms with Gasteiger partial charge in [-0.2, -0.15) is 0 Å². The van der Waals surface area contributed by atoms with Gasteiger partial charge in [-0.3, -0.25) is 0 Å². The van der Waals surface area contributed by atoms with E-state index >= 15 is 0 Å². The second-order valence-electron chi connectivity index (χ2n) is 5.16. The molecule has 0 aromatic rings. The van der Waals surface area contributed by atoms with Crippen molar-refractivity contribution in [1.29, 1.82) is 0 Å². The van der Waals surface area contributed by atoms with Gasteiger partial charge in [0.25, 0.3) is 0 Å². The number of nitrogens with zero attached hydrogens (tertiary/aromatic N) is 1. The van der Waals surface area contributed by atoms with E-state index in [0.717, 1.165) is 0 Å². The van der Waals surface area contributed by atoms with Crippen LogP contribution in [-0.4, -0.2) is 48.4 Å². The fourth-order valence-corrected chi connectivity index (χ4v) is 1.69. The summed E-state index contributed by atoms with van der Waals surface area (Å²) in [6.45, 7) is 9.56. The Morgan fingerprint density at radius 2 is 1.94 bits per heavy atom. The molecule has 6 heteroatoms. The van der Waals surface area contributed by atoms with Crippen LogP contribution in [0, 0.1) is 0 Å². The molecule has 0 aromatic carbocycles. The second kappa shape index (κ2) is 5.89. The number of halogens is 1. The zero-order valence-electron chi connectivity index (χ0n) is 11.0. The minimum absolute atomic E-state index is 0. The number of hydrogen-bond acceptors (Lipinski definition) is 4. The monoisotopic (exact) mass is 266 g/mol. The number of hydrogen-bond donors (Lipinski definition) is 1. The molecule has 1 heterocycles. The predicted molar refractivity (Wildman–Crippen MR) is 68.5 cm³/mol. The van der Waals surface area contributed by atoms with Crippen LogP contribution < -0.4 is 5.73 Å². The first kappa shape index (κ1) is 16.5. The fourth-order valence-electron chi connectivity index (χ4n) is 1.69. The van der Waals surface area contributed by atoms with Crippen molar-refractivity contribution in [1.82, 2.24) is 4.90 Å². The molecule has 0 saturated carbocycles. The fraction of sp³-hybridized carbons (Fsp3) is 0.909. The summed E-state index contributed by atoms with van der Waals surface area (Å²) in [6, 6.07) is 0. The van der Waals surface area contributed by atoms with E-state index < -0.39 is 5.60 Å². The first-order valence-electron chi connectivity index (χ1n) is 5.64. The highest BCUT2D eigenvalue weighted by Crippen LogP contribution is 2.26. The van der Waals surface area contributed by atoms with Gasteiger partial charge in [0.15, 0.2) is 0 Å². The van der Waals surface area contributed by atoms with Gasteiger partial charge >= 0.3 is 6.09 Å². The van der Waals surface area contributed by atoms with Gasteiger partial charge in [-0.15, -0.1) is 12.4 Å². The lowest BCUT2D eigenvalue weighted by Crippen LogP contribution is -2.68. The van der Waals surface area contributed by atoms with E-state index in [1.807, 2.05) is 27.7 Å². The number of nitrogens with two attached hydrogens (primary N) is 1. The normalized spacial score (nSPS) is 18.1. The van der Waals surface area contributed by atoms with Crippen LogP contribution in [-0.2, 0) is 9.47 Å². The van der Waals surface area contributed by atoms with E-state index in [4.69, 9.17) is 15.2 Å². The molecule has 0 aromatic heterocycles. The Kier molecular flexibility index (Phi) is 5.71. The van der Waals surface area contributed by atoms with Crippen molar-refractivity contribution in [3.05, 3.63) is 0 Å². The third kappa shape index (κ3) is 4.33. The molecule has 5 nitrogen and oxygen atoms in total. The van der Waals surface area contributed by atoms with Gasteiger partial charge in [0, 0.05) is 13.2 Å². The molecule has 17 heavy (non-hydrogen) atoms. The Hall–Kier alpha value is -0.520. The first-order valence-corrected chi connectivity index (χ1v) is 5.64. The number of likely N-dealkylation sites (tertiary alicyclic amines) is 1. The number of ether oxygens (including phenoxy) is 2. The zero-order chi connectivity index (χ0) is 12.4. The van der Waals surface area contributed by atoms with Crippen molar-refractivity contribution in [3.8, 4) is 0 Å². The molecule has 1 aliphatic heterocycles. The van der Waals surface area contributed by atoms with Crippen molar-refractivity contribution in [2.24, 2.45) is 5.73 Å². The zero-order valence-corrected chi connectivity index (χ0v) is 11.8. The Morgan fingerprint density at radius 1 is 1.41 bits per heavy atom. The summed E-state index contributed by atoms with van der Waals surface area (Å²) in [5.74, 6) is 0. The lowest BCUT2D eigenvalue weighted by Gasteiger charge is -2.48. The van der Waals surface area contributed by atoms with Gasteiger partial charge in [-0.1, -0.05) is 0 Å². The number of rotatable bonds is 3. The molecule has 1 saturated heterocycles. The van der Waals surface area contributed by atoms with E-state index in [1.54, 1.807) is 4.90 Å². The van der Waals surface area contributed by atoms with Crippen molar-refractivity contribution in [2.75, 3.05) is 26.2 Å². The van der Waals surface area contributed by atoms with Gasteiger partial charge in [-0.25, -0.2) is 4.79 Å². The van der Waals surface area contributed by atoms with Crippen molar-refractivity contribution < 1.29 is 14.3 Å². The van der Waals surface area contributed by atoms with Crippen LogP contribution >= 0.6 is 12.4 Å². The Bertz CT molecular complexity index is 260. The molecule has 1 fully saturated rings. The average Bonchev–Trinajstić information content (AvgIpc) is 2.07. The number of carbonyl (C=O) groups is 1. The highest BCUT2D eigenvalue weighted by Gasteiger charge is 2.46. The van der Waals surface area contributed by atoms with Crippen LogP contribution in [0.4, 0.5) is 4.79 Å². The van der Waals surface area contributed by atoms with E-state index in [0.29, 0.717) is 26.2 Å². The van der Waals surface area contributed by atoms with E-state index in [9.17, 15) is 4.79 Å². The summed E-state index contributed by atoms with van der Waals surface area (Å²) in [7, 11) is 0. The van der Waals surface area contributed by atoms with Crippen LogP contribution in [0.2, 0.25) is 0 Å². The van der Waals surface area contributed by atoms with Crippen LogP contribution in [0.5, 0.6) is 0 Å². The average molecular weight is 267 g/mol. The van der Waals surface area contributed by atoms with Crippen LogP contribution in [0.15, 0.2) is 0 Å². The standard InChI is InChI=1S/C11H22N2O3.ClH/c1-5-15-11(6-12)7-13(8-11)9(14)16-10(2,3)4;/h5-8,12H2,1-4H3;1H. The molecule has 0 unspecified atom stereocenters. The Balaban J connectivity index is 0.00000256. The van der Waals surface area contributed by atoms with Gasteiger partial charge in [-0.05, 0) is 27.7 Å². The minimum atomic E-state index is -0.455. The summed E-state index contributed by atoms with van der Waals surface area (Å²) in [6.07, 6.45) is -0.295. The summed E-state index contributed by atoms with van der Waals surface area (Å²) in [5, 5.41) is 0. The smallest absolute Gasteiger partial charge is 0.410 e.